The van der Waals surface area contributed by atoms with Crippen LogP contribution in [0.4, 0.5) is 0 Å². The van der Waals surface area contributed by atoms with Crippen molar-refractivity contribution in [2.75, 3.05) is 19.6 Å². The van der Waals surface area contributed by atoms with Gasteiger partial charge in [-0.15, -0.1) is 6.42 Å². The average molecular weight is 207 g/mol. The molecule has 0 rings (SSSR count). The van der Waals surface area contributed by atoms with Crippen LogP contribution in [-0.2, 0) is 9.59 Å². The van der Waals surface area contributed by atoms with Gasteiger partial charge in [0.05, 0.1) is 12.6 Å². The molecule has 0 aliphatic heterocycles. The summed E-state index contributed by atoms with van der Waals surface area (Å²) in [5.74, 6) is 0.823. The maximum atomic E-state index is 11.4. The Morgan fingerprint density at radius 1 is 1.53 bits per heavy atom. The molecule has 0 unspecified atom stereocenters. The van der Waals surface area contributed by atoms with Crippen molar-refractivity contribution in [3.05, 3.63) is 0 Å². The second kappa shape index (κ2) is 7.40. The molecular formula is C10H13N3O2. The summed E-state index contributed by atoms with van der Waals surface area (Å²) in [7, 11) is 0. The summed E-state index contributed by atoms with van der Waals surface area (Å²) in [5.41, 5.74) is 0. The normalized spacial score (nSPS) is 8.47. The summed E-state index contributed by atoms with van der Waals surface area (Å²) in [6, 6.07) is 1.71. The zero-order valence-corrected chi connectivity index (χ0v) is 8.62. The van der Waals surface area contributed by atoms with Crippen LogP contribution in [0, 0.1) is 23.7 Å². The number of carbonyl (C=O) groups excluding carboxylic acids is 2. The fourth-order valence-electron chi connectivity index (χ4n) is 0.972. The van der Waals surface area contributed by atoms with Crippen molar-refractivity contribution < 1.29 is 9.59 Å². The molecule has 0 aromatic rings. The molecule has 0 radical (unpaired) electrons. The number of carbonyl (C=O) groups is 2. The monoisotopic (exact) mass is 207 g/mol. The Morgan fingerprint density at radius 3 is 2.67 bits per heavy atom. The van der Waals surface area contributed by atoms with Gasteiger partial charge in [0.15, 0.2) is 0 Å². The molecule has 0 atom stereocenters. The van der Waals surface area contributed by atoms with E-state index >= 15 is 0 Å². The Hall–Kier alpha value is -2.01. The number of hydrogen-bond donors (Lipinski definition) is 1. The number of terminal acetylenes is 1. The molecule has 1 N–H and O–H groups in total. The third-order valence-corrected chi connectivity index (χ3v) is 1.59. The van der Waals surface area contributed by atoms with Crippen molar-refractivity contribution in [1.82, 2.24) is 10.2 Å². The molecule has 15 heavy (non-hydrogen) atoms. The Kier molecular flexibility index (Phi) is 6.41. The van der Waals surface area contributed by atoms with Crippen LogP contribution in [0.15, 0.2) is 0 Å². The lowest BCUT2D eigenvalue weighted by atomic mass is 10.3. The van der Waals surface area contributed by atoms with Crippen LogP contribution in [0.5, 0.6) is 0 Å². The van der Waals surface area contributed by atoms with Crippen LogP contribution >= 0.6 is 0 Å². The number of amides is 2. The largest absolute Gasteiger partial charge is 0.335 e. The molecule has 80 valence electrons. The SMILES string of the molecule is C#CCN(CCC)C(=O)C(=O)NCC#N. The lowest BCUT2D eigenvalue weighted by Crippen LogP contribution is -2.43. The summed E-state index contributed by atoms with van der Waals surface area (Å²) in [5, 5.41) is 10.4. The maximum Gasteiger partial charge on any atom is 0.312 e. The molecule has 5 nitrogen and oxygen atoms in total. The number of rotatable bonds is 4. The van der Waals surface area contributed by atoms with Crippen molar-refractivity contribution in [1.29, 1.82) is 5.26 Å². The minimum atomic E-state index is -0.791. The number of hydrogen-bond acceptors (Lipinski definition) is 3. The lowest BCUT2D eigenvalue weighted by Gasteiger charge is -2.17. The van der Waals surface area contributed by atoms with Gasteiger partial charge in [-0.25, -0.2) is 0 Å². The van der Waals surface area contributed by atoms with Gasteiger partial charge in [-0.2, -0.15) is 5.26 Å². The van der Waals surface area contributed by atoms with E-state index in [9.17, 15) is 9.59 Å². The molecule has 0 saturated carbocycles. The first-order chi connectivity index (χ1) is 7.17. The van der Waals surface area contributed by atoms with Crippen molar-refractivity contribution >= 4 is 11.8 Å². The lowest BCUT2D eigenvalue weighted by molar-refractivity contribution is -0.145. The van der Waals surface area contributed by atoms with E-state index in [0.29, 0.717) is 6.54 Å². The minimum Gasteiger partial charge on any atom is -0.335 e. The van der Waals surface area contributed by atoms with Gasteiger partial charge < -0.3 is 10.2 Å². The highest BCUT2D eigenvalue weighted by atomic mass is 16.2. The fraction of sp³-hybridized carbons (Fsp3) is 0.500. The van der Waals surface area contributed by atoms with Crippen LogP contribution in [-0.4, -0.2) is 36.3 Å². The van der Waals surface area contributed by atoms with Crippen LogP contribution in [0.3, 0.4) is 0 Å². The van der Waals surface area contributed by atoms with Crippen molar-refractivity contribution in [3.8, 4) is 18.4 Å². The third-order valence-electron chi connectivity index (χ3n) is 1.59. The minimum absolute atomic E-state index is 0.104. The summed E-state index contributed by atoms with van der Waals surface area (Å²) < 4.78 is 0. The molecule has 0 aromatic heterocycles. The second-order valence-electron chi connectivity index (χ2n) is 2.77. The van der Waals surface area contributed by atoms with E-state index < -0.39 is 11.8 Å². The number of nitriles is 1. The van der Waals surface area contributed by atoms with Crippen molar-refractivity contribution in [2.24, 2.45) is 0 Å². The van der Waals surface area contributed by atoms with Crippen LogP contribution < -0.4 is 5.32 Å². The number of nitrogens with one attached hydrogen (secondary N) is 1. The average Bonchev–Trinajstić information content (AvgIpc) is 2.24. The fourth-order valence-corrected chi connectivity index (χ4v) is 0.972. The summed E-state index contributed by atoms with van der Waals surface area (Å²) in [4.78, 5) is 23.9. The van der Waals surface area contributed by atoms with E-state index in [1.54, 1.807) is 6.07 Å². The molecule has 0 aliphatic carbocycles. The molecule has 0 heterocycles. The second-order valence-corrected chi connectivity index (χ2v) is 2.77. The van der Waals surface area contributed by atoms with Gasteiger partial charge in [0.25, 0.3) is 0 Å². The Labute approximate surface area is 89.0 Å². The quantitative estimate of drug-likeness (QED) is 0.383. The van der Waals surface area contributed by atoms with E-state index in [1.807, 2.05) is 6.92 Å². The highest BCUT2D eigenvalue weighted by molar-refractivity contribution is 6.35. The molecule has 0 aromatic carbocycles. The standard InChI is InChI=1S/C10H13N3O2/c1-3-7-13(8-4-2)10(15)9(14)12-6-5-11/h1H,4,6-8H2,2H3,(H,12,14). The van der Waals surface area contributed by atoms with E-state index in [0.717, 1.165) is 6.42 Å². The first-order valence-electron chi connectivity index (χ1n) is 4.54. The molecule has 0 spiro atoms. The van der Waals surface area contributed by atoms with Gasteiger partial charge in [-0.3, -0.25) is 9.59 Å². The molecule has 5 heteroatoms. The van der Waals surface area contributed by atoms with E-state index in [-0.39, 0.29) is 13.1 Å². The highest BCUT2D eigenvalue weighted by Gasteiger charge is 2.19. The Morgan fingerprint density at radius 2 is 2.20 bits per heavy atom. The third kappa shape index (κ3) is 4.68. The topological polar surface area (TPSA) is 73.2 Å². The van der Waals surface area contributed by atoms with E-state index in [1.165, 1.54) is 4.90 Å². The van der Waals surface area contributed by atoms with Gasteiger partial charge in [0.1, 0.15) is 6.54 Å². The Balaban J connectivity index is 4.31. The highest BCUT2D eigenvalue weighted by Crippen LogP contribution is 1.92. The maximum absolute atomic E-state index is 11.4. The van der Waals surface area contributed by atoms with Crippen molar-refractivity contribution in [3.63, 3.8) is 0 Å². The molecule has 2 amide bonds. The van der Waals surface area contributed by atoms with Crippen LogP contribution in [0.1, 0.15) is 13.3 Å². The molecule has 0 bridgehead atoms. The zero-order chi connectivity index (χ0) is 11.7. The molecular weight excluding hydrogens is 194 g/mol. The summed E-state index contributed by atoms with van der Waals surface area (Å²) in [6.45, 7) is 2.24. The van der Waals surface area contributed by atoms with E-state index in [4.69, 9.17) is 11.7 Å². The van der Waals surface area contributed by atoms with Gasteiger partial charge in [0.2, 0.25) is 0 Å². The molecule has 0 saturated heterocycles. The summed E-state index contributed by atoms with van der Waals surface area (Å²) in [6.07, 6.45) is 5.79. The molecule has 0 fully saturated rings. The predicted octanol–water partition coefficient (Wildman–Crippen LogP) is -0.502. The Bertz CT molecular complexity index is 312. The number of nitrogens with zero attached hydrogens (tertiary/aromatic N) is 2. The van der Waals surface area contributed by atoms with Gasteiger partial charge >= 0.3 is 11.8 Å². The first-order valence-corrected chi connectivity index (χ1v) is 4.54. The predicted molar refractivity (Wildman–Crippen MR) is 54.3 cm³/mol. The van der Waals surface area contributed by atoms with Crippen LogP contribution in [0.25, 0.3) is 0 Å². The van der Waals surface area contributed by atoms with Gasteiger partial charge in [-0.1, -0.05) is 12.8 Å². The van der Waals surface area contributed by atoms with Gasteiger partial charge in [-0.05, 0) is 6.42 Å². The first kappa shape index (κ1) is 13.0. The zero-order valence-electron chi connectivity index (χ0n) is 8.62. The van der Waals surface area contributed by atoms with Crippen LogP contribution in [0.2, 0.25) is 0 Å². The molecule has 0 aliphatic rings. The smallest absolute Gasteiger partial charge is 0.312 e. The van der Waals surface area contributed by atoms with E-state index in [2.05, 4.69) is 11.2 Å². The van der Waals surface area contributed by atoms with Gasteiger partial charge in [0, 0.05) is 6.54 Å². The van der Waals surface area contributed by atoms with Crippen molar-refractivity contribution in [2.45, 2.75) is 13.3 Å². The summed E-state index contributed by atoms with van der Waals surface area (Å²) >= 11 is 0.